The van der Waals surface area contributed by atoms with Gasteiger partial charge in [-0.05, 0) is 6.92 Å². The number of aryl methyl sites for hydroxylation is 1. The van der Waals surface area contributed by atoms with E-state index in [9.17, 15) is 13.2 Å². The highest BCUT2D eigenvalue weighted by Gasteiger charge is 2.33. The van der Waals surface area contributed by atoms with Gasteiger partial charge in [-0.15, -0.1) is 11.3 Å². The third kappa shape index (κ3) is 5.48. The van der Waals surface area contributed by atoms with Gasteiger partial charge >= 0.3 is 6.18 Å². The van der Waals surface area contributed by atoms with Crippen LogP contribution in [0.1, 0.15) is 22.4 Å². The Morgan fingerprint density at radius 1 is 1.25 bits per heavy atom. The highest BCUT2D eigenvalue weighted by atomic mass is 32.1. The van der Waals surface area contributed by atoms with Crippen molar-refractivity contribution in [2.24, 2.45) is 4.99 Å². The third-order valence-corrected chi connectivity index (χ3v) is 3.81. The van der Waals surface area contributed by atoms with Gasteiger partial charge in [-0.1, -0.05) is 5.16 Å². The van der Waals surface area contributed by atoms with E-state index >= 15 is 0 Å². The van der Waals surface area contributed by atoms with E-state index in [0.29, 0.717) is 48.6 Å². The normalized spacial score (nSPS) is 12.5. The summed E-state index contributed by atoms with van der Waals surface area (Å²) in [4.78, 5) is 11.7. The molecule has 0 aliphatic carbocycles. The Bertz CT molecular complexity index is 681. The Morgan fingerprint density at radius 2 is 1.96 bits per heavy atom. The molecule has 7 nitrogen and oxygen atoms in total. The number of thiazole rings is 1. The molecule has 0 fully saturated rings. The number of aliphatic imine (C=N–C) groups is 1. The van der Waals surface area contributed by atoms with Gasteiger partial charge < -0.3 is 15.2 Å². The van der Waals surface area contributed by atoms with E-state index in [4.69, 9.17) is 4.52 Å². The zero-order valence-corrected chi connectivity index (χ0v) is 14.0. The van der Waals surface area contributed by atoms with Crippen molar-refractivity contribution >= 4 is 17.3 Å². The van der Waals surface area contributed by atoms with Crippen LogP contribution in [-0.2, 0) is 19.0 Å². The SMILES string of the molecule is CN=C(NCCc1nc(C)no1)NCCc1nc(C(F)(F)F)cs1. The molecule has 11 heteroatoms. The predicted octanol–water partition coefficient (Wildman–Crippen LogP) is 1.80. The minimum absolute atomic E-state index is 0.379. The molecule has 0 saturated heterocycles. The van der Waals surface area contributed by atoms with Crippen LogP contribution in [0, 0.1) is 6.92 Å². The Labute approximate surface area is 140 Å². The molecule has 2 heterocycles. The first kappa shape index (κ1) is 18.2. The maximum Gasteiger partial charge on any atom is 0.434 e. The second-order valence-corrected chi connectivity index (χ2v) is 5.73. The molecule has 0 atom stereocenters. The second-order valence-electron chi connectivity index (χ2n) is 4.79. The first-order valence-corrected chi connectivity index (χ1v) is 8.01. The standard InChI is InChI=1S/C13H17F3N6OS/c1-8-20-10(23-22-8)3-5-18-12(17-2)19-6-4-11-21-9(7-24-11)13(14,15)16/h7H,3-6H2,1-2H3,(H2,17,18,19). The lowest BCUT2D eigenvalue weighted by atomic mass is 10.4. The van der Waals surface area contributed by atoms with Crippen LogP contribution < -0.4 is 10.6 Å². The Hall–Kier alpha value is -2.17. The van der Waals surface area contributed by atoms with Crippen molar-refractivity contribution in [3.8, 4) is 0 Å². The van der Waals surface area contributed by atoms with Gasteiger partial charge in [-0.3, -0.25) is 4.99 Å². The Balaban J connectivity index is 1.70. The monoisotopic (exact) mass is 362 g/mol. The Kier molecular flexibility index (Phi) is 6.12. The average Bonchev–Trinajstić information content (AvgIpc) is 3.14. The summed E-state index contributed by atoms with van der Waals surface area (Å²) in [5.41, 5.74) is -0.847. The fraction of sp³-hybridized carbons (Fsp3) is 0.538. The molecule has 24 heavy (non-hydrogen) atoms. The van der Waals surface area contributed by atoms with Gasteiger partial charge in [0.05, 0.1) is 5.01 Å². The third-order valence-electron chi connectivity index (χ3n) is 2.90. The van der Waals surface area contributed by atoms with E-state index in [1.165, 1.54) is 0 Å². The number of nitrogens with zero attached hydrogens (tertiary/aromatic N) is 4. The lowest BCUT2D eigenvalue weighted by molar-refractivity contribution is -0.140. The fourth-order valence-corrected chi connectivity index (χ4v) is 2.60. The summed E-state index contributed by atoms with van der Waals surface area (Å²) in [6.45, 7) is 2.70. The van der Waals surface area contributed by atoms with Crippen LogP contribution >= 0.6 is 11.3 Å². The first-order valence-electron chi connectivity index (χ1n) is 7.14. The number of guanidine groups is 1. The van der Waals surface area contributed by atoms with Crippen LogP contribution in [0.5, 0.6) is 0 Å². The highest BCUT2D eigenvalue weighted by molar-refractivity contribution is 7.09. The van der Waals surface area contributed by atoms with Crippen LogP contribution in [0.2, 0.25) is 0 Å². The second kappa shape index (κ2) is 8.08. The summed E-state index contributed by atoms with van der Waals surface area (Å²) < 4.78 is 42.4. The zero-order chi connectivity index (χ0) is 17.6. The molecule has 0 bridgehead atoms. The molecule has 2 aromatic heterocycles. The molecular formula is C13H17F3N6OS. The molecule has 0 aliphatic rings. The molecule has 2 N–H and O–H groups in total. The number of halogens is 3. The molecule has 0 aromatic carbocycles. The van der Waals surface area contributed by atoms with E-state index < -0.39 is 11.9 Å². The maximum atomic E-state index is 12.5. The van der Waals surface area contributed by atoms with E-state index in [2.05, 4.69) is 30.8 Å². The average molecular weight is 362 g/mol. The largest absolute Gasteiger partial charge is 0.434 e. The van der Waals surface area contributed by atoms with Crippen molar-refractivity contribution < 1.29 is 17.7 Å². The number of nitrogens with one attached hydrogen (secondary N) is 2. The maximum absolute atomic E-state index is 12.5. The van der Waals surface area contributed by atoms with E-state index in [-0.39, 0.29) is 0 Å². The van der Waals surface area contributed by atoms with Crippen LogP contribution in [0.15, 0.2) is 14.9 Å². The molecule has 2 aromatic rings. The van der Waals surface area contributed by atoms with Gasteiger partial charge in [0.2, 0.25) is 5.89 Å². The van der Waals surface area contributed by atoms with E-state index in [1.54, 1.807) is 14.0 Å². The lowest BCUT2D eigenvalue weighted by Crippen LogP contribution is -2.39. The summed E-state index contributed by atoms with van der Waals surface area (Å²) in [5.74, 6) is 1.64. The predicted molar refractivity (Wildman–Crippen MR) is 82.9 cm³/mol. The number of rotatable bonds is 6. The van der Waals surface area contributed by atoms with Crippen LogP contribution in [-0.4, -0.2) is 41.2 Å². The molecule has 0 unspecified atom stereocenters. The minimum atomic E-state index is -4.40. The van der Waals surface area contributed by atoms with Gasteiger partial charge in [0.25, 0.3) is 0 Å². The minimum Gasteiger partial charge on any atom is -0.356 e. The van der Waals surface area contributed by atoms with Gasteiger partial charge in [0.1, 0.15) is 0 Å². The van der Waals surface area contributed by atoms with Crippen LogP contribution in [0.25, 0.3) is 0 Å². The van der Waals surface area contributed by atoms with Gasteiger partial charge in [0.15, 0.2) is 17.5 Å². The lowest BCUT2D eigenvalue weighted by Gasteiger charge is -2.10. The zero-order valence-electron chi connectivity index (χ0n) is 13.1. The van der Waals surface area contributed by atoms with Crippen molar-refractivity contribution in [2.75, 3.05) is 20.1 Å². The summed E-state index contributed by atoms with van der Waals surface area (Å²) >= 11 is 0.994. The summed E-state index contributed by atoms with van der Waals surface area (Å²) in [6, 6.07) is 0. The summed E-state index contributed by atoms with van der Waals surface area (Å²) in [6.07, 6.45) is -3.47. The van der Waals surface area contributed by atoms with Crippen molar-refractivity contribution in [1.29, 1.82) is 0 Å². The number of alkyl halides is 3. The topological polar surface area (TPSA) is 88.2 Å². The first-order chi connectivity index (χ1) is 11.4. The van der Waals surface area contributed by atoms with E-state index in [1.807, 2.05) is 0 Å². The molecule has 0 spiro atoms. The van der Waals surface area contributed by atoms with Crippen molar-refractivity contribution in [3.05, 3.63) is 27.8 Å². The molecular weight excluding hydrogens is 345 g/mol. The fourth-order valence-electron chi connectivity index (χ4n) is 1.79. The van der Waals surface area contributed by atoms with Crippen molar-refractivity contribution in [2.45, 2.75) is 25.9 Å². The Morgan fingerprint density at radius 3 is 2.50 bits per heavy atom. The van der Waals surface area contributed by atoms with Gasteiger partial charge in [-0.25, -0.2) is 4.98 Å². The van der Waals surface area contributed by atoms with E-state index in [0.717, 1.165) is 16.7 Å². The smallest absolute Gasteiger partial charge is 0.356 e. The molecule has 0 aliphatic heterocycles. The highest BCUT2D eigenvalue weighted by Crippen LogP contribution is 2.29. The quantitative estimate of drug-likeness (QED) is 0.602. The molecule has 2 rings (SSSR count). The molecule has 0 radical (unpaired) electrons. The molecule has 0 saturated carbocycles. The van der Waals surface area contributed by atoms with Gasteiger partial charge in [-0.2, -0.15) is 18.2 Å². The van der Waals surface area contributed by atoms with Gasteiger partial charge in [0, 0.05) is 38.4 Å². The molecule has 132 valence electrons. The van der Waals surface area contributed by atoms with Crippen LogP contribution in [0.4, 0.5) is 13.2 Å². The van der Waals surface area contributed by atoms with Crippen LogP contribution in [0.3, 0.4) is 0 Å². The number of hydrogen-bond donors (Lipinski definition) is 2. The number of hydrogen-bond acceptors (Lipinski definition) is 6. The number of aromatic nitrogens is 3. The summed E-state index contributed by atoms with van der Waals surface area (Å²) in [5, 5.41) is 11.2. The van der Waals surface area contributed by atoms with Crippen molar-refractivity contribution in [1.82, 2.24) is 25.8 Å². The molecule has 0 amide bonds. The van der Waals surface area contributed by atoms with Crippen molar-refractivity contribution in [3.63, 3.8) is 0 Å². The summed E-state index contributed by atoms with van der Waals surface area (Å²) in [7, 11) is 1.61.